The van der Waals surface area contributed by atoms with Gasteiger partial charge in [0.1, 0.15) is 5.75 Å². The molecule has 0 saturated carbocycles. The first kappa shape index (κ1) is 13.7. The molecule has 2 rings (SSSR count). The number of aromatic nitrogens is 1. The highest BCUT2D eigenvalue weighted by molar-refractivity contribution is 9.10. The molecule has 0 radical (unpaired) electrons. The molecule has 1 aromatic carbocycles. The van der Waals surface area contributed by atoms with Crippen molar-refractivity contribution in [3.63, 3.8) is 0 Å². The molecular formula is C13H10BrCl2NO. The van der Waals surface area contributed by atoms with E-state index in [1.165, 1.54) is 0 Å². The number of halogens is 3. The summed E-state index contributed by atoms with van der Waals surface area (Å²) in [7, 11) is 0. The lowest BCUT2D eigenvalue weighted by atomic mass is 10.2. The fraction of sp³-hybridized carbons (Fsp3) is 0.154. The standard InChI is InChI=1S/C13H10BrCl2NO/c1-8-9(7-15)2-5-13(17-8)18-12-4-3-10(16)6-11(12)14/h2-6H,7H2,1H3. The van der Waals surface area contributed by atoms with E-state index >= 15 is 0 Å². The van der Waals surface area contributed by atoms with Gasteiger partial charge in [-0.15, -0.1) is 11.6 Å². The molecule has 0 atom stereocenters. The Balaban J connectivity index is 2.26. The van der Waals surface area contributed by atoms with Crippen LogP contribution in [0.5, 0.6) is 11.6 Å². The number of ether oxygens (including phenoxy) is 1. The maximum Gasteiger partial charge on any atom is 0.219 e. The van der Waals surface area contributed by atoms with E-state index in [1.54, 1.807) is 24.3 Å². The van der Waals surface area contributed by atoms with Crippen molar-refractivity contribution in [2.75, 3.05) is 0 Å². The van der Waals surface area contributed by atoms with E-state index in [4.69, 9.17) is 27.9 Å². The van der Waals surface area contributed by atoms with Crippen molar-refractivity contribution >= 4 is 39.1 Å². The van der Waals surface area contributed by atoms with Gasteiger partial charge >= 0.3 is 0 Å². The van der Waals surface area contributed by atoms with Gasteiger partial charge in [0.05, 0.1) is 4.47 Å². The van der Waals surface area contributed by atoms with E-state index in [-0.39, 0.29) is 0 Å². The molecule has 0 spiro atoms. The number of hydrogen-bond acceptors (Lipinski definition) is 2. The van der Waals surface area contributed by atoms with E-state index in [2.05, 4.69) is 20.9 Å². The molecule has 94 valence electrons. The van der Waals surface area contributed by atoms with Crippen molar-refractivity contribution in [3.05, 3.63) is 51.1 Å². The van der Waals surface area contributed by atoms with E-state index in [0.29, 0.717) is 22.5 Å². The molecular weight excluding hydrogens is 337 g/mol. The van der Waals surface area contributed by atoms with Crippen molar-refractivity contribution in [3.8, 4) is 11.6 Å². The molecule has 0 amide bonds. The summed E-state index contributed by atoms with van der Waals surface area (Å²) >= 11 is 15.0. The van der Waals surface area contributed by atoms with Crippen LogP contribution in [0.4, 0.5) is 0 Å². The van der Waals surface area contributed by atoms with Crippen LogP contribution >= 0.6 is 39.1 Å². The second-order valence-electron chi connectivity index (χ2n) is 3.70. The van der Waals surface area contributed by atoms with E-state index in [9.17, 15) is 0 Å². The molecule has 0 saturated heterocycles. The molecule has 2 aromatic rings. The Labute approximate surface area is 124 Å². The minimum Gasteiger partial charge on any atom is -0.438 e. The smallest absolute Gasteiger partial charge is 0.219 e. The summed E-state index contributed by atoms with van der Waals surface area (Å²) in [5.74, 6) is 1.65. The number of benzene rings is 1. The van der Waals surface area contributed by atoms with Crippen molar-refractivity contribution in [1.82, 2.24) is 4.98 Å². The van der Waals surface area contributed by atoms with Gasteiger partial charge in [-0.25, -0.2) is 4.98 Å². The average Bonchev–Trinajstić information content (AvgIpc) is 2.33. The largest absolute Gasteiger partial charge is 0.438 e. The normalized spacial score (nSPS) is 10.4. The molecule has 1 aromatic heterocycles. The summed E-state index contributed by atoms with van der Waals surface area (Å²) in [6.45, 7) is 1.90. The summed E-state index contributed by atoms with van der Waals surface area (Å²) in [5, 5.41) is 0.649. The molecule has 0 aliphatic carbocycles. The van der Waals surface area contributed by atoms with E-state index in [0.717, 1.165) is 15.7 Å². The first-order chi connectivity index (χ1) is 8.60. The first-order valence-corrected chi connectivity index (χ1v) is 6.96. The zero-order chi connectivity index (χ0) is 13.1. The fourth-order valence-corrected chi connectivity index (χ4v) is 2.48. The van der Waals surface area contributed by atoms with Crippen LogP contribution in [-0.4, -0.2) is 4.98 Å². The molecule has 0 bridgehead atoms. The van der Waals surface area contributed by atoms with Crippen LogP contribution in [0.15, 0.2) is 34.8 Å². The van der Waals surface area contributed by atoms with Crippen LogP contribution in [0.25, 0.3) is 0 Å². The van der Waals surface area contributed by atoms with Crippen molar-refractivity contribution in [1.29, 1.82) is 0 Å². The van der Waals surface area contributed by atoms with Gasteiger partial charge in [0.2, 0.25) is 5.88 Å². The van der Waals surface area contributed by atoms with Gasteiger partial charge in [0.25, 0.3) is 0 Å². The first-order valence-electron chi connectivity index (χ1n) is 5.25. The van der Waals surface area contributed by atoms with Gasteiger partial charge < -0.3 is 4.74 Å². The van der Waals surface area contributed by atoms with Crippen molar-refractivity contribution < 1.29 is 4.74 Å². The van der Waals surface area contributed by atoms with Crippen LogP contribution in [0.1, 0.15) is 11.3 Å². The molecule has 0 fully saturated rings. The Bertz CT molecular complexity index is 575. The van der Waals surface area contributed by atoms with Crippen LogP contribution in [-0.2, 0) is 5.88 Å². The van der Waals surface area contributed by atoms with Crippen LogP contribution < -0.4 is 4.74 Å². The number of rotatable bonds is 3. The monoisotopic (exact) mass is 345 g/mol. The lowest BCUT2D eigenvalue weighted by Crippen LogP contribution is -1.94. The van der Waals surface area contributed by atoms with Crippen LogP contribution in [0.2, 0.25) is 5.02 Å². The van der Waals surface area contributed by atoms with Gasteiger partial charge in [-0.05, 0) is 46.6 Å². The topological polar surface area (TPSA) is 22.1 Å². The maximum absolute atomic E-state index is 5.87. The molecule has 1 heterocycles. The number of pyridine rings is 1. The summed E-state index contributed by atoms with van der Waals surface area (Å²) < 4.78 is 6.47. The highest BCUT2D eigenvalue weighted by Gasteiger charge is 2.06. The Kier molecular flexibility index (Phi) is 4.49. The predicted octanol–water partition coefficient (Wildman–Crippen LogP) is 5.34. The van der Waals surface area contributed by atoms with Gasteiger partial charge in [0.15, 0.2) is 0 Å². The Morgan fingerprint density at radius 3 is 2.67 bits per heavy atom. The average molecular weight is 347 g/mol. The Morgan fingerprint density at radius 2 is 2.06 bits per heavy atom. The second-order valence-corrected chi connectivity index (χ2v) is 5.26. The molecule has 18 heavy (non-hydrogen) atoms. The molecule has 0 aliphatic rings. The number of alkyl halides is 1. The molecule has 2 nitrogen and oxygen atoms in total. The molecule has 5 heteroatoms. The maximum atomic E-state index is 5.87. The summed E-state index contributed by atoms with van der Waals surface area (Å²) in [4.78, 5) is 4.34. The lowest BCUT2D eigenvalue weighted by Gasteiger charge is -2.09. The molecule has 0 unspecified atom stereocenters. The third-order valence-corrected chi connectivity index (χ3v) is 3.56. The second kappa shape index (κ2) is 5.91. The zero-order valence-electron chi connectivity index (χ0n) is 9.58. The van der Waals surface area contributed by atoms with Gasteiger partial charge in [0, 0.05) is 22.7 Å². The highest BCUT2D eigenvalue weighted by atomic mass is 79.9. The van der Waals surface area contributed by atoms with E-state index in [1.807, 2.05) is 13.0 Å². The number of aryl methyl sites for hydroxylation is 1. The van der Waals surface area contributed by atoms with E-state index < -0.39 is 0 Å². The summed E-state index contributed by atoms with van der Waals surface area (Å²) in [6, 6.07) is 9.04. The predicted molar refractivity (Wildman–Crippen MR) is 77.8 cm³/mol. The molecule has 0 N–H and O–H groups in total. The van der Waals surface area contributed by atoms with Gasteiger partial charge in [-0.2, -0.15) is 0 Å². The van der Waals surface area contributed by atoms with Gasteiger partial charge in [-0.3, -0.25) is 0 Å². The van der Waals surface area contributed by atoms with Gasteiger partial charge in [-0.1, -0.05) is 17.7 Å². The van der Waals surface area contributed by atoms with Crippen molar-refractivity contribution in [2.45, 2.75) is 12.8 Å². The summed E-state index contributed by atoms with van der Waals surface area (Å²) in [6.07, 6.45) is 0. The third kappa shape index (κ3) is 3.16. The quantitative estimate of drug-likeness (QED) is 0.700. The van der Waals surface area contributed by atoms with Crippen LogP contribution in [0, 0.1) is 6.92 Å². The Morgan fingerprint density at radius 1 is 1.28 bits per heavy atom. The fourth-order valence-electron chi connectivity index (χ4n) is 1.44. The van der Waals surface area contributed by atoms with Crippen LogP contribution in [0.3, 0.4) is 0 Å². The number of hydrogen-bond donors (Lipinski definition) is 0. The lowest BCUT2D eigenvalue weighted by molar-refractivity contribution is 0.458. The third-order valence-electron chi connectivity index (χ3n) is 2.42. The zero-order valence-corrected chi connectivity index (χ0v) is 12.7. The molecule has 0 aliphatic heterocycles. The SMILES string of the molecule is Cc1nc(Oc2ccc(Cl)cc2Br)ccc1CCl. The Hall–Kier alpha value is -0.770. The number of nitrogens with zero attached hydrogens (tertiary/aromatic N) is 1. The highest BCUT2D eigenvalue weighted by Crippen LogP contribution is 2.31. The van der Waals surface area contributed by atoms with Crippen molar-refractivity contribution in [2.24, 2.45) is 0 Å². The summed E-state index contributed by atoms with van der Waals surface area (Å²) in [5.41, 5.74) is 1.87. The minimum atomic E-state index is 0.448. The minimum absolute atomic E-state index is 0.448.